The molecule has 1 aromatic rings. The summed E-state index contributed by atoms with van der Waals surface area (Å²) >= 11 is 0. The summed E-state index contributed by atoms with van der Waals surface area (Å²) in [7, 11) is 0. The summed E-state index contributed by atoms with van der Waals surface area (Å²) in [5.41, 5.74) is 2.09. The van der Waals surface area contributed by atoms with Crippen molar-refractivity contribution in [1.82, 2.24) is 5.32 Å². The van der Waals surface area contributed by atoms with E-state index in [9.17, 15) is 4.79 Å². The number of ether oxygens (including phenoxy) is 1. The number of hydrogen-bond acceptors (Lipinski definition) is 3. The predicted molar refractivity (Wildman–Crippen MR) is 69.9 cm³/mol. The van der Waals surface area contributed by atoms with Crippen LogP contribution in [0.3, 0.4) is 0 Å². The summed E-state index contributed by atoms with van der Waals surface area (Å²) in [5.74, 6) is 0.993. The quantitative estimate of drug-likeness (QED) is 0.777. The van der Waals surface area contributed by atoms with E-state index in [1.165, 1.54) is 18.4 Å². The average molecular weight is 246 g/mol. The first-order chi connectivity index (χ1) is 8.81. The number of aryl methyl sites for hydroxylation is 1. The topological polar surface area (TPSA) is 50.4 Å². The van der Waals surface area contributed by atoms with Crippen LogP contribution >= 0.6 is 0 Å². The van der Waals surface area contributed by atoms with Crippen LogP contribution in [0.15, 0.2) is 18.2 Å². The number of carbonyl (C=O) groups excluding carboxylic acids is 1. The van der Waals surface area contributed by atoms with E-state index in [1.807, 2.05) is 18.2 Å². The van der Waals surface area contributed by atoms with Gasteiger partial charge in [0.15, 0.2) is 0 Å². The largest absolute Gasteiger partial charge is 0.492 e. The number of carbonyl (C=O) groups is 1. The van der Waals surface area contributed by atoms with Crippen LogP contribution in [-0.4, -0.2) is 25.1 Å². The van der Waals surface area contributed by atoms with Gasteiger partial charge in [-0.1, -0.05) is 0 Å². The van der Waals surface area contributed by atoms with Crippen molar-refractivity contribution in [3.63, 3.8) is 0 Å². The van der Waals surface area contributed by atoms with Crippen molar-refractivity contribution in [2.45, 2.75) is 31.7 Å². The molecule has 96 valence electrons. The second kappa shape index (κ2) is 4.98. The molecule has 1 amide bonds. The molecule has 0 spiro atoms. The highest BCUT2D eigenvalue weighted by molar-refractivity contribution is 5.93. The van der Waals surface area contributed by atoms with Crippen LogP contribution in [0.4, 0.5) is 5.69 Å². The van der Waals surface area contributed by atoms with Gasteiger partial charge in [0.2, 0.25) is 5.91 Å². The molecule has 1 aliphatic carbocycles. The fourth-order valence-corrected chi connectivity index (χ4v) is 2.17. The van der Waals surface area contributed by atoms with Crippen molar-refractivity contribution in [2.75, 3.05) is 18.5 Å². The molecule has 0 bridgehead atoms. The van der Waals surface area contributed by atoms with Crippen molar-refractivity contribution in [3.8, 4) is 5.75 Å². The van der Waals surface area contributed by atoms with Crippen molar-refractivity contribution >= 4 is 11.6 Å². The first kappa shape index (κ1) is 11.5. The molecular formula is C14H18N2O2. The summed E-state index contributed by atoms with van der Waals surface area (Å²) in [5, 5.41) is 6.28. The van der Waals surface area contributed by atoms with E-state index < -0.39 is 0 Å². The van der Waals surface area contributed by atoms with Gasteiger partial charge in [-0.15, -0.1) is 0 Å². The second-order valence-corrected chi connectivity index (χ2v) is 4.94. The van der Waals surface area contributed by atoms with Crippen LogP contribution in [0, 0.1) is 0 Å². The summed E-state index contributed by atoms with van der Waals surface area (Å²) in [6, 6.07) is 6.61. The highest BCUT2D eigenvalue weighted by Gasteiger charge is 2.19. The van der Waals surface area contributed by atoms with Gasteiger partial charge >= 0.3 is 0 Å². The molecular weight excluding hydrogens is 228 g/mol. The van der Waals surface area contributed by atoms with Crippen LogP contribution in [0.5, 0.6) is 5.75 Å². The number of anilines is 1. The first-order valence-electron chi connectivity index (χ1n) is 6.60. The molecule has 2 aliphatic rings. The predicted octanol–water partition coefficient (Wildman–Crippen LogP) is 1.70. The van der Waals surface area contributed by atoms with Crippen molar-refractivity contribution in [3.05, 3.63) is 23.8 Å². The van der Waals surface area contributed by atoms with Gasteiger partial charge in [0.05, 0.1) is 0 Å². The Morgan fingerprint density at radius 1 is 1.33 bits per heavy atom. The van der Waals surface area contributed by atoms with Gasteiger partial charge in [-0.3, -0.25) is 4.79 Å². The first-order valence-corrected chi connectivity index (χ1v) is 6.60. The zero-order valence-corrected chi connectivity index (χ0v) is 10.4. The van der Waals surface area contributed by atoms with E-state index in [0.29, 0.717) is 13.0 Å². The van der Waals surface area contributed by atoms with Crippen molar-refractivity contribution in [2.24, 2.45) is 0 Å². The number of benzene rings is 1. The Kier molecular flexibility index (Phi) is 3.19. The minimum atomic E-state index is 0.102. The second-order valence-electron chi connectivity index (χ2n) is 4.94. The summed E-state index contributed by atoms with van der Waals surface area (Å²) in [6.45, 7) is 1.60. The van der Waals surface area contributed by atoms with E-state index in [4.69, 9.17) is 4.74 Å². The lowest BCUT2D eigenvalue weighted by molar-refractivity contribution is -0.116. The minimum Gasteiger partial charge on any atom is -0.492 e. The smallest absolute Gasteiger partial charge is 0.224 e. The fraction of sp³-hybridized carbons (Fsp3) is 0.500. The maximum Gasteiger partial charge on any atom is 0.224 e. The van der Waals surface area contributed by atoms with Crippen LogP contribution in [0.2, 0.25) is 0 Å². The standard InChI is InChI=1S/C14H18N2O2/c17-14-6-1-10-9-12(4-5-13(10)16-14)18-8-7-15-11-2-3-11/h4-5,9,11,15H,1-3,6-8H2,(H,16,17). The summed E-state index contributed by atoms with van der Waals surface area (Å²) in [6.07, 6.45) is 3.98. The van der Waals surface area contributed by atoms with Crippen LogP contribution in [0.1, 0.15) is 24.8 Å². The number of rotatable bonds is 5. The Balaban J connectivity index is 1.54. The average Bonchev–Trinajstić information content (AvgIpc) is 3.19. The SMILES string of the molecule is O=C1CCc2cc(OCCNC3CC3)ccc2N1. The lowest BCUT2D eigenvalue weighted by Gasteiger charge is -2.17. The Morgan fingerprint density at radius 2 is 2.22 bits per heavy atom. The zero-order chi connectivity index (χ0) is 12.4. The van der Waals surface area contributed by atoms with E-state index in [2.05, 4.69) is 10.6 Å². The lowest BCUT2D eigenvalue weighted by atomic mass is 10.0. The Bertz CT molecular complexity index is 455. The highest BCUT2D eigenvalue weighted by atomic mass is 16.5. The molecule has 1 fully saturated rings. The fourth-order valence-electron chi connectivity index (χ4n) is 2.17. The summed E-state index contributed by atoms with van der Waals surface area (Å²) < 4.78 is 5.70. The molecule has 4 heteroatoms. The van der Waals surface area contributed by atoms with Gasteiger partial charge in [0.1, 0.15) is 12.4 Å². The Hall–Kier alpha value is -1.55. The van der Waals surface area contributed by atoms with Gasteiger partial charge < -0.3 is 15.4 Å². The van der Waals surface area contributed by atoms with Gasteiger partial charge in [0, 0.05) is 24.7 Å². The lowest BCUT2D eigenvalue weighted by Crippen LogP contribution is -2.23. The molecule has 0 atom stereocenters. The summed E-state index contributed by atoms with van der Waals surface area (Å²) in [4.78, 5) is 11.2. The molecule has 0 radical (unpaired) electrons. The zero-order valence-electron chi connectivity index (χ0n) is 10.4. The van der Waals surface area contributed by atoms with Crippen molar-refractivity contribution in [1.29, 1.82) is 0 Å². The molecule has 3 rings (SSSR count). The molecule has 1 aliphatic heterocycles. The highest BCUT2D eigenvalue weighted by Crippen LogP contribution is 2.26. The molecule has 1 aromatic carbocycles. The van der Waals surface area contributed by atoms with Crippen LogP contribution in [-0.2, 0) is 11.2 Å². The third kappa shape index (κ3) is 2.82. The monoisotopic (exact) mass is 246 g/mol. The van der Waals surface area contributed by atoms with Gasteiger partial charge in [0.25, 0.3) is 0 Å². The number of fused-ring (bicyclic) bond motifs is 1. The van der Waals surface area contributed by atoms with E-state index in [-0.39, 0.29) is 5.91 Å². The molecule has 2 N–H and O–H groups in total. The Labute approximate surface area is 107 Å². The van der Waals surface area contributed by atoms with Crippen molar-refractivity contribution < 1.29 is 9.53 Å². The maximum atomic E-state index is 11.2. The van der Waals surface area contributed by atoms with E-state index in [0.717, 1.165) is 30.4 Å². The van der Waals surface area contributed by atoms with Gasteiger partial charge in [-0.2, -0.15) is 0 Å². The van der Waals surface area contributed by atoms with Gasteiger partial charge in [-0.05, 0) is 43.0 Å². The van der Waals surface area contributed by atoms with Gasteiger partial charge in [-0.25, -0.2) is 0 Å². The molecule has 18 heavy (non-hydrogen) atoms. The molecule has 1 heterocycles. The van der Waals surface area contributed by atoms with Crippen LogP contribution < -0.4 is 15.4 Å². The Morgan fingerprint density at radius 3 is 3.06 bits per heavy atom. The van der Waals surface area contributed by atoms with Crippen LogP contribution in [0.25, 0.3) is 0 Å². The molecule has 0 aromatic heterocycles. The molecule has 0 unspecified atom stereocenters. The maximum absolute atomic E-state index is 11.2. The van der Waals surface area contributed by atoms with E-state index in [1.54, 1.807) is 0 Å². The number of hydrogen-bond donors (Lipinski definition) is 2. The third-order valence-electron chi connectivity index (χ3n) is 3.35. The third-order valence-corrected chi connectivity index (χ3v) is 3.35. The number of amides is 1. The normalized spacial score (nSPS) is 18.1. The molecule has 0 saturated heterocycles. The number of nitrogens with one attached hydrogen (secondary N) is 2. The molecule has 1 saturated carbocycles. The molecule has 4 nitrogen and oxygen atoms in total. The van der Waals surface area contributed by atoms with E-state index >= 15 is 0 Å². The minimum absolute atomic E-state index is 0.102.